The zero-order valence-corrected chi connectivity index (χ0v) is 21.1. The van der Waals surface area contributed by atoms with E-state index < -0.39 is 12.1 Å². The van der Waals surface area contributed by atoms with Crippen molar-refractivity contribution in [2.24, 2.45) is 0 Å². The maximum Gasteiger partial charge on any atom is 0.421 e. The van der Waals surface area contributed by atoms with Crippen LogP contribution in [0.25, 0.3) is 0 Å². The Morgan fingerprint density at radius 2 is 1.10 bits per heavy atom. The highest BCUT2D eigenvalue weighted by molar-refractivity contribution is 5.66. The van der Waals surface area contributed by atoms with Crippen LogP contribution in [-0.2, 0) is 18.9 Å². The van der Waals surface area contributed by atoms with Gasteiger partial charge in [0.1, 0.15) is 0 Å². The third kappa shape index (κ3) is 18.4. The van der Waals surface area contributed by atoms with Crippen molar-refractivity contribution in [1.29, 1.82) is 0 Å². The second-order valence-electron chi connectivity index (χ2n) is 8.90. The SMILES string of the molecule is CCOC(CCCCCCCCCCCCOC(=O)NNC(C)(C)C)(OCC)OCC. The molecule has 0 rings (SSSR count). The maximum absolute atomic E-state index is 11.5. The average Bonchev–Trinajstić information content (AvgIpc) is 2.70. The second kappa shape index (κ2) is 18.7. The van der Waals surface area contributed by atoms with Gasteiger partial charge >= 0.3 is 6.09 Å². The van der Waals surface area contributed by atoms with E-state index in [0.29, 0.717) is 26.4 Å². The predicted octanol–water partition coefficient (Wildman–Crippen LogP) is 6.07. The molecule has 0 fully saturated rings. The molecule has 0 unspecified atom stereocenters. The van der Waals surface area contributed by atoms with Crippen LogP contribution in [0.4, 0.5) is 4.79 Å². The number of amides is 1. The summed E-state index contributed by atoms with van der Waals surface area (Å²) < 4.78 is 22.5. The van der Waals surface area contributed by atoms with Crippen molar-refractivity contribution in [3.8, 4) is 0 Å². The van der Waals surface area contributed by atoms with Gasteiger partial charge in [0.05, 0.1) is 6.61 Å². The number of hydrogen-bond acceptors (Lipinski definition) is 6. The van der Waals surface area contributed by atoms with E-state index in [0.717, 1.165) is 25.7 Å². The number of hydrogen-bond donors (Lipinski definition) is 2. The Morgan fingerprint density at radius 1 is 0.677 bits per heavy atom. The molecule has 1 amide bonds. The monoisotopic (exact) mass is 446 g/mol. The van der Waals surface area contributed by atoms with E-state index in [1.54, 1.807) is 0 Å². The Kier molecular flexibility index (Phi) is 18.1. The minimum Gasteiger partial charge on any atom is -0.449 e. The van der Waals surface area contributed by atoms with Crippen LogP contribution in [0.15, 0.2) is 0 Å². The summed E-state index contributed by atoms with van der Waals surface area (Å²) in [4.78, 5) is 11.5. The van der Waals surface area contributed by atoms with Crippen LogP contribution >= 0.6 is 0 Å². The minimum atomic E-state index is -0.855. The number of hydrazine groups is 1. The second-order valence-corrected chi connectivity index (χ2v) is 8.90. The fourth-order valence-corrected chi connectivity index (χ4v) is 3.30. The summed E-state index contributed by atoms with van der Waals surface area (Å²) in [5.41, 5.74) is 5.29. The molecule has 0 aliphatic rings. The molecule has 0 heterocycles. The summed E-state index contributed by atoms with van der Waals surface area (Å²) in [6.07, 6.45) is 12.2. The molecule has 0 radical (unpaired) electrons. The standard InChI is InChI=1S/C24H50N2O5/c1-7-29-24(30-8-2,31-9-3)20-18-16-14-12-10-11-13-15-17-19-21-28-22(27)25-26-23(4,5)6/h26H,7-21H2,1-6H3,(H,25,27). The summed E-state index contributed by atoms with van der Waals surface area (Å²) in [5.74, 6) is -0.855. The molecule has 0 aliphatic carbocycles. The van der Waals surface area contributed by atoms with Crippen LogP contribution < -0.4 is 10.9 Å². The molecular formula is C24H50N2O5. The first kappa shape index (κ1) is 30.1. The highest BCUT2D eigenvalue weighted by Crippen LogP contribution is 2.24. The summed E-state index contributed by atoms with van der Waals surface area (Å²) in [6.45, 7) is 14.1. The third-order valence-electron chi connectivity index (χ3n) is 4.74. The first-order chi connectivity index (χ1) is 14.8. The van der Waals surface area contributed by atoms with Crippen LogP contribution in [0.3, 0.4) is 0 Å². The molecule has 0 atom stereocenters. The van der Waals surface area contributed by atoms with Crippen molar-refractivity contribution < 1.29 is 23.7 Å². The van der Waals surface area contributed by atoms with Crippen molar-refractivity contribution in [1.82, 2.24) is 10.9 Å². The number of rotatable bonds is 20. The van der Waals surface area contributed by atoms with Crippen molar-refractivity contribution in [2.45, 2.75) is 124 Å². The number of nitrogens with one attached hydrogen (secondary N) is 2. The Morgan fingerprint density at radius 3 is 1.52 bits per heavy atom. The van der Waals surface area contributed by atoms with Crippen LogP contribution in [-0.4, -0.2) is 44.0 Å². The molecule has 0 aromatic rings. The van der Waals surface area contributed by atoms with Gasteiger partial charge in [-0.15, -0.1) is 0 Å². The molecule has 0 bridgehead atoms. The zero-order chi connectivity index (χ0) is 23.4. The van der Waals surface area contributed by atoms with Crippen molar-refractivity contribution in [3.05, 3.63) is 0 Å². The van der Waals surface area contributed by atoms with Crippen LogP contribution in [0, 0.1) is 0 Å². The fraction of sp³-hybridized carbons (Fsp3) is 0.958. The lowest BCUT2D eigenvalue weighted by molar-refractivity contribution is -0.380. The molecule has 0 aromatic carbocycles. The summed E-state index contributed by atoms with van der Waals surface area (Å²) in [6, 6.07) is 0. The molecular weight excluding hydrogens is 396 g/mol. The fourth-order valence-electron chi connectivity index (χ4n) is 3.30. The van der Waals surface area contributed by atoms with E-state index in [1.165, 1.54) is 44.9 Å². The van der Waals surface area contributed by atoms with Gasteiger partial charge in [0.2, 0.25) is 0 Å². The summed E-state index contributed by atoms with van der Waals surface area (Å²) in [5, 5.41) is 0. The number of carbonyl (C=O) groups excluding carboxylic acids is 1. The van der Waals surface area contributed by atoms with E-state index in [9.17, 15) is 4.79 Å². The molecule has 31 heavy (non-hydrogen) atoms. The molecule has 7 heteroatoms. The maximum atomic E-state index is 11.5. The lowest BCUT2D eigenvalue weighted by Crippen LogP contribution is -2.48. The average molecular weight is 447 g/mol. The molecule has 0 aromatic heterocycles. The van der Waals surface area contributed by atoms with Gasteiger partial charge in [-0.1, -0.05) is 51.4 Å². The topological polar surface area (TPSA) is 78.1 Å². The van der Waals surface area contributed by atoms with E-state index in [2.05, 4.69) is 10.9 Å². The molecule has 0 saturated carbocycles. The Bertz CT molecular complexity index is 410. The van der Waals surface area contributed by atoms with Gasteiger partial charge in [-0.05, 0) is 54.4 Å². The number of ether oxygens (including phenoxy) is 4. The van der Waals surface area contributed by atoms with Crippen LogP contribution in [0.2, 0.25) is 0 Å². The lowest BCUT2D eigenvalue weighted by atomic mass is 10.1. The quantitative estimate of drug-likeness (QED) is 0.134. The smallest absolute Gasteiger partial charge is 0.421 e. The zero-order valence-electron chi connectivity index (χ0n) is 21.1. The van der Waals surface area contributed by atoms with Gasteiger partial charge in [-0.25, -0.2) is 10.2 Å². The van der Waals surface area contributed by atoms with Crippen molar-refractivity contribution >= 4 is 6.09 Å². The Balaban J connectivity index is 3.56. The molecule has 186 valence electrons. The highest BCUT2D eigenvalue weighted by atomic mass is 16.9. The van der Waals surface area contributed by atoms with Crippen LogP contribution in [0.1, 0.15) is 112 Å². The molecule has 0 aliphatic heterocycles. The Hall–Kier alpha value is -0.890. The van der Waals surface area contributed by atoms with Crippen molar-refractivity contribution in [2.75, 3.05) is 26.4 Å². The van der Waals surface area contributed by atoms with Gasteiger partial charge in [0.25, 0.3) is 5.97 Å². The van der Waals surface area contributed by atoms with E-state index >= 15 is 0 Å². The largest absolute Gasteiger partial charge is 0.449 e. The number of unbranched alkanes of at least 4 members (excludes halogenated alkanes) is 9. The predicted molar refractivity (Wildman–Crippen MR) is 126 cm³/mol. The molecule has 0 spiro atoms. The van der Waals surface area contributed by atoms with Crippen molar-refractivity contribution in [3.63, 3.8) is 0 Å². The van der Waals surface area contributed by atoms with E-state index in [1.807, 2.05) is 41.5 Å². The first-order valence-electron chi connectivity index (χ1n) is 12.4. The van der Waals surface area contributed by atoms with Gasteiger partial charge in [0.15, 0.2) is 0 Å². The summed E-state index contributed by atoms with van der Waals surface area (Å²) >= 11 is 0. The van der Waals surface area contributed by atoms with E-state index in [4.69, 9.17) is 18.9 Å². The lowest BCUT2D eigenvalue weighted by Gasteiger charge is -2.32. The highest BCUT2D eigenvalue weighted by Gasteiger charge is 2.31. The summed E-state index contributed by atoms with van der Waals surface area (Å²) in [7, 11) is 0. The van der Waals surface area contributed by atoms with Gasteiger partial charge in [0, 0.05) is 31.8 Å². The number of carbonyl (C=O) groups is 1. The third-order valence-corrected chi connectivity index (χ3v) is 4.74. The van der Waals surface area contributed by atoms with Gasteiger partial charge in [-0.2, -0.15) is 0 Å². The van der Waals surface area contributed by atoms with Gasteiger partial charge < -0.3 is 18.9 Å². The molecule has 7 nitrogen and oxygen atoms in total. The minimum absolute atomic E-state index is 0.167. The van der Waals surface area contributed by atoms with Crippen LogP contribution in [0.5, 0.6) is 0 Å². The molecule has 0 saturated heterocycles. The molecule has 2 N–H and O–H groups in total. The normalized spacial score (nSPS) is 12.2. The first-order valence-corrected chi connectivity index (χ1v) is 12.4. The van der Waals surface area contributed by atoms with Gasteiger partial charge in [-0.3, -0.25) is 5.43 Å². The van der Waals surface area contributed by atoms with E-state index in [-0.39, 0.29) is 5.54 Å². The Labute approximate surface area is 191 Å².